The summed E-state index contributed by atoms with van der Waals surface area (Å²) in [5.41, 5.74) is 3.37. The molecule has 6 nitrogen and oxygen atoms in total. The standard InChI is InChI=1S/C22H26N2O4/c1-22(2,3)18-13-15(24-11-10-19(25)23-21(24)26)12-17(20(18)28-5)14-6-8-16(27-4)9-7-14/h6-9,12-13H,10-11H2,1-5H3,(H,23,25,26). The van der Waals surface area contributed by atoms with E-state index in [4.69, 9.17) is 9.47 Å². The smallest absolute Gasteiger partial charge is 0.328 e. The summed E-state index contributed by atoms with van der Waals surface area (Å²) in [7, 11) is 3.29. The van der Waals surface area contributed by atoms with Gasteiger partial charge in [-0.2, -0.15) is 0 Å². The van der Waals surface area contributed by atoms with Crippen molar-refractivity contribution in [3.8, 4) is 22.6 Å². The molecule has 28 heavy (non-hydrogen) atoms. The third-order valence-corrected chi connectivity index (χ3v) is 4.85. The lowest BCUT2D eigenvalue weighted by Gasteiger charge is -2.31. The maximum Gasteiger partial charge on any atom is 0.328 e. The number of anilines is 1. The molecule has 1 aliphatic rings. The van der Waals surface area contributed by atoms with E-state index in [0.717, 1.165) is 33.9 Å². The van der Waals surface area contributed by atoms with Crippen LogP contribution in [0.15, 0.2) is 36.4 Å². The van der Waals surface area contributed by atoms with Gasteiger partial charge in [0.1, 0.15) is 11.5 Å². The third kappa shape index (κ3) is 3.81. The Hall–Kier alpha value is -3.02. The number of ether oxygens (including phenoxy) is 2. The summed E-state index contributed by atoms with van der Waals surface area (Å²) in [6, 6.07) is 11.2. The molecule has 0 atom stereocenters. The van der Waals surface area contributed by atoms with Gasteiger partial charge < -0.3 is 9.47 Å². The number of hydrogen-bond acceptors (Lipinski definition) is 4. The summed E-state index contributed by atoms with van der Waals surface area (Å²) in [5.74, 6) is 1.29. The van der Waals surface area contributed by atoms with E-state index in [2.05, 4.69) is 26.1 Å². The highest BCUT2D eigenvalue weighted by molar-refractivity contribution is 6.06. The number of methoxy groups -OCH3 is 2. The number of carbonyl (C=O) groups is 2. The number of nitrogens with zero attached hydrogens (tertiary/aromatic N) is 1. The molecule has 0 bridgehead atoms. The molecule has 0 spiro atoms. The highest BCUT2D eigenvalue weighted by Gasteiger charge is 2.29. The maximum absolute atomic E-state index is 12.4. The molecule has 0 radical (unpaired) electrons. The largest absolute Gasteiger partial charge is 0.497 e. The molecular weight excluding hydrogens is 356 g/mol. The molecule has 1 heterocycles. The van der Waals surface area contributed by atoms with E-state index in [1.807, 2.05) is 36.4 Å². The van der Waals surface area contributed by atoms with E-state index in [1.54, 1.807) is 19.1 Å². The SMILES string of the molecule is COc1ccc(-c2cc(N3CCC(=O)NC3=O)cc(C(C)(C)C)c2OC)cc1. The summed E-state index contributed by atoms with van der Waals surface area (Å²) >= 11 is 0. The summed E-state index contributed by atoms with van der Waals surface area (Å²) < 4.78 is 11.1. The first-order valence-electron chi connectivity index (χ1n) is 9.23. The molecule has 2 aromatic rings. The molecule has 3 amide bonds. The molecular formula is C22H26N2O4. The van der Waals surface area contributed by atoms with E-state index >= 15 is 0 Å². The predicted molar refractivity (Wildman–Crippen MR) is 109 cm³/mol. The van der Waals surface area contributed by atoms with Crippen molar-refractivity contribution in [1.82, 2.24) is 5.32 Å². The van der Waals surface area contributed by atoms with E-state index < -0.39 is 6.03 Å². The lowest BCUT2D eigenvalue weighted by atomic mass is 9.83. The van der Waals surface area contributed by atoms with Gasteiger partial charge >= 0.3 is 6.03 Å². The van der Waals surface area contributed by atoms with Gasteiger partial charge in [-0.15, -0.1) is 0 Å². The van der Waals surface area contributed by atoms with Gasteiger partial charge in [0, 0.05) is 29.8 Å². The van der Waals surface area contributed by atoms with Crippen molar-refractivity contribution in [3.05, 3.63) is 42.0 Å². The first kappa shape index (κ1) is 19.7. The molecule has 6 heteroatoms. The van der Waals surface area contributed by atoms with Crippen LogP contribution in [0.25, 0.3) is 11.1 Å². The topological polar surface area (TPSA) is 67.9 Å². The molecule has 2 aromatic carbocycles. The van der Waals surface area contributed by atoms with Crippen molar-refractivity contribution in [3.63, 3.8) is 0 Å². The van der Waals surface area contributed by atoms with Crippen LogP contribution in [0, 0.1) is 0 Å². The Bertz CT molecular complexity index is 898. The molecule has 0 unspecified atom stereocenters. The van der Waals surface area contributed by atoms with Crippen LogP contribution in [0.3, 0.4) is 0 Å². The minimum absolute atomic E-state index is 0.204. The second-order valence-corrected chi connectivity index (χ2v) is 7.81. The highest BCUT2D eigenvalue weighted by Crippen LogP contribution is 2.43. The first-order chi connectivity index (χ1) is 13.2. The fourth-order valence-electron chi connectivity index (χ4n) is 3.34. The fourth-order valence-corrected chi connectivity index (χ4v) is 3.34. The van der Waals surface area contributed by atoms with E-state index in [-0.39, 0.29) is 17.7 Å². The van der Waals surface area contributed by atoms with E-state index in [0.29, 0.717) is 6.54 Å². The molecule has 148 valence electrons. The van der Waals surface area contributed by atoms with Crippen molar-refractivity contribution in [2.24, 2.45) is 0 Å². The fraction of sp³-hybridized carbons (Fsp3) is 0.364. The Kier molecular flexibility index (Phi) is 5.31. The summed E-state index contributed by atoms with van der Waals surface area (Å²) in [5, 5.41) is 2.39. The summed E-state index contributed by atoms with van der Waals surface area (Å²) in [6.45, 7) is 6.66. The normalized spacial score (nSPS) is 14.7. The zero-order valence-corrected chi connectivity index (χ0v) is 17.0. The number of benzene rings is 2. The van der Waals surface area contributed by atoms with E-state index in [9.17, 15) is 9.59 Å². The molecule has 0 aliphatic carbocycles. The van der Waals surface area contributed by atoms with Crippen LogP contribution in [-0.2, 0) is 10.2 Å². The van der Waals surface area contributed by atoms with Gasteiger partial charge in [0.25, 0.3) is 0 Å². The number of nitrogens with one attached hydrogen (secondary N) is 1. The number of imide groups is 1. The summed E-state index contributed by atoms with van der Waals surface area (Å²) in [4.78, 5) is 25.5. The van der Waals surface area contributed by atoms with Crippen molar-refractivity contribution >= 4 is 17.6 Å². The van der Waals surface area contributed by atoms with Crippen molar-refractivity contribution < 1.29 is 19.1 Å². The first-order valence-corrected chi connectivity index (χ1v) is 9.23. The molecule has 0 saturated carbocycles. The predicted octanol–water partition coefficient (Wildman–Crippen LogP) is 4.11. The monoisotopic (exact) mass is 382 g/mol. The zero-order chi connectivity index (χ0) is 20.5. The second-order valence-electron chi connectivity index (χ2n) is 7.81. The minimum Gasteiger partial charge on any atom is -0.497 e. The van der Waals surface area contributed by atoms with Crippen LogP contribution in [0.5, 0.6) is 11.5 Å². The quantitative estimate of drug-likeness (QED) is 0.864. The number of amides is 3. The lowest BCUT2D eigenvalue weighted by Crippen LogP contribution is -2.49. The molecule has 1 fully saturated rings. The van der Waals surface area contributed by atoms with Crippen molar-refractivity contribution in [1.29, 1.82) is 0 Å². The van der Waals surface area contributed by atoms with Crippen LogP contribution in [0.2, 0.25) is 0 Å². The average molecular weight is 382 g/mol. The molecule has 1 N–H and O–H groups in total. The van der Waals surface area contributed by atoms with Gasteiger partial charge in [0.2, 0.25) is 5.91 Å². The summed E-state index contributed by atoms with van der Waals surface area (Å²) in [6.07, 6.45) is 0.278. The maximum atomic E-state index is 12.4. The molecule has 1 saturated heterocycles. The van der Waals surface area contributed by atoms with Crippen LogP contribution in [0.1, 0.15) is 32.8 Å². The minimum atomic E-state index is -0.401. The Labute approximate surface area is 165 Å². The lowest BCUT2D eigenvalue weighted by molar-refractivity contribution is -0.120. The Morgan fingerprint density at radius 2 is 1.68 bits per heavy atom. The Morgan fingerprint density at radius 1 is 1.00 bits per heavy atom. The van der Waals surface area contributed by atoms with Gasteiger partial charge in [-0.3, -0.25) is 15.0 Å². The van der Waals surface area contributed by atoms with Crippen LogP contribution >= 0.6 is 0 Å². The van der Waals surface area contributed by atoms with Gasteiger partial charge in [0.15, 0.2) is 0 Å². The van der Waals surface area contributed by atoms with Gasteiger partial charge in [0.05, 0.1) is 14.2 Å². The van der Waals surface area contributed by atoms with Crippen LogP contribution in [-0.4, -0.2) is 32.7 Å². The number of hydrogen-bond donors (Lipinski definition) is 1. The highest BCUT2D eigenvalue weighted by atomic mass is 16.5. The number of carbonyl (C=O) groups excluding carboxylic acids is 2. The van der Waals surface area contributed by atoms with E-state index in [1.165, 1.54) is 0 Å². The molecule has 3 rings (SSSR count). The van der Waals surface area contributed by atoms with Gasteiger partial charge in [-0.1, -0.05) is 32.9 Å². The number of urea groups is 1. The molecule has 0 aromatic heterocycles. The van der Waals surface area contributed by atoms with Crippen LogP contribution in [0.4, 0.5) is 10.5 Å². The van der Waals surface area contributed by atoms with Gasteiger partial charge in [-0.25, -0.2) is 4.79 Å². The van der Waals surface area contributed by atoms with Crippen molar-refractivity contribution in [2.45, 2.75) is 32.6 Å². The Balaban J connectivity index is 2.18. The number of rotatable bonds is 4. The Morgan fingerprint density at radius 3 is 2.21 bits per heavy atom. The second kappa shape index (κ2) is 7.54. The molecule has 1 aliphatic heterocycles. The third-order valence-electron chi connectivity index (χ3n) is 4.85. The van der Waals surface area contributed by atoms with Crippen molar-refractivity contribution in [2.75, 3.05) is 25.7 Å². The van der Waals surface area contributed by atoms with Gasteiger partial charge in [-0.05, 0) is 35.2 Å². The zero-order valence-electron chi connectivity index (χ0n) is 17.0. The average Bonchev–Trinajstić information content (AvgIpc) is 2.66. The van der Waals surface area contributed by atoms with Crippen LogP contribution < -0.4 is 19.7 Å².